The number of esters is 2. The van der Waals surface area contributed by atoms with Gasteiger partial charge in [-0.3, -0.25) is 9.69 Å². The van der Waals surface area contributed by atoms with Crippen molar-refractivity contribution in [2.24, 2.45) is 5.73 Å². The number of rotatable bonds is 5. The van der Waals surface area contributed by atoms with Crippen LogP contribution in [0.4, 0.5) is 11.4 Å². The van der Waals surface area contributed by atoms with Gasteiger partial charge >= 0.3 is 11.9 Å². The van der Waals surface area contributed by atoms with E-state index in [2.05, 4.69) is 6.07 Å². The van der Waals surface area contributed by atoms with Crippen LogP contribution in [0.2, 0.25) is 0 Å². The van der Waals surface area contributed by atoms with E-state index in [4.69, 9.17) is 19.9 Å². The second-order valence-corrected chi connectivity index (χ2v) is 7.91. The maximum Gasteiger partial charge on any atom is 0.355 e. The number of anilines is 2. The molecule has 4 rings (SSSR count). The monoisotopic (exact) mass is 488 g/mol. The number of allylic oxidation sites excluding steroid dienone is 1. The third-order valence-electron chi connectivity index (χ3n) is 6.07. The van der Waals surface area contributed by atoms with E-state index >= 15 is 0 Å². The smallest absolute Gasteiger partial charge is 0.355 e. The zero-order valence-corrected chi connectivity index (χ0v) is 20.0. The van der Waals surface area contributed by atoms with Crippen molar-refractivity contribution in [3.05, 3.63) is 76.8 Å². The van der Waals surface area contributed by atoms with Gasteiger partial charge in [0.1, 0.15) is 17.3 Å². The van der Waals surface area contributed by atoms with Gasteiger partial charge in [0, 0.05) is 12.6 Å². The number of likely N-dealkylation sites (N-methyl/N-ethyl adjacent to an activating group) is 1. The van der Waals surface area contributed by atoms with E-state index in [9.17, 15) is 19.6 Å². The van der Waals surface area contributed by atoms with Gasteiger partial charge in [0.15, 0.2) is 6.61 Å². The number of benzene rings is 2. The van der Waals surface area contributed by atoms with Crippen molar-refractivity contribution in [3.63, 3.8) is 0 Å². The van der Waals surface area contributed by atoms with Gasteiger partial charge in [0.2, 0.25) is 0 Å². The lowest BCUT2D eigenvalue weighted by atomic mass is 9.81. The van der Waals surface area contributed by atoms with Gasteiger partial charge in [-0.15, -0.1) is 0 Å². The van der Waals surface area contributed by atoms with E-state index in [1.54, 1.807) is 53.4 Å². The summed E-state index contributed by atoms with van der Waals surface area (Å²) in [6.45, 7) is 2.13. The molecule has 184 valence electrons. The minimum absolute atomic E-state index is 0.0539. The van der Waals surface area contributed by atoms with E-state index in [0.717, 1.165) is 0 Å². The highest BCUT2D eigenvalue weighted by Crippen LogP contribution is 2.45. The third-order valence-corrected chi connectivity index (χ3v) is 6.07. The fourth-order valence-corrected chi connectivity index (χ4v) is 4.46. The summed E-state index contributed by atoms with van der Waals surface area (Å²) in [6, 6.07) is 15.7. The molecule has 0 fully saturated rings. The molecule has 0 bridgehead atoms. The van der Waals surface area contributed by atoms with Crippen LogP contribution >= 0.6 is 0 Å². The van der Waals surface area contributed by atoms with Crippen LogP contribution in [-0.4, -0.2) is 45.2 Å². The predicted octanol–water partition coefficient (Wildman–Crippen LogP) is 2.33. The van der Waals surface area contributed by atoms with Crippen LogP contribution in [0.5, 0.6) is 5.75 Å². The van der Waals surface area contributed by atoms with Gasteiger partial charge in [-0.05, 0) is 24.6 Å². The van der Waals surface area contributed by atoms with Crippen LogP contribution < -0.4 is 20.3 Å². The molecule has 0 spiro atoms. The van der Waals surface area contributed by atoms with E-state index in [-0.39, 0.29) is 35.2 Å². The standard InChI is InChI=1S/C26H24N4O6/c1-4-29-18-11-10-16(12-19(18)36-14-20(29)31)30-23(26(33)35-3)22(25(32)34-2)21(17(13-27)24(30)28)15-8-6-5-7-9-15/h5-12,21H,4,14,28H2,1-3H3. The fourth-order valence-electron chi connectivity index (χ4n) is 4.46. The van der Waals surface area contributed by atoms with Crippen molar-refractivity contribution in [1.29, 1.82) is 5.26 Å². The number of carbonyl (C=O) groups is 3. The van der Waals surface area contributed by atoms with Crippen molar-refractivity contribution in [2.45, 2.75) is 12.8 Å². The largest absolute Gasteiger partial charge is 0.481 e. The van der Waals surface area contributed by atoms with Crippen molar-refractivity contribution >= 4 is 29.2 Å². The number of ether oxygens (including phenoxy) is 3. The molecule has 2 aliphatic heterocycles. The first-order valence-corrected chi connectivity index (χ1v) is 11.1. The van der Waals surface area contributed by atoms with Crippen molar-refractivity contribution in [2.75, 3.05) is 37.2 Å². The van der Waals surface area contributed by atoms with Crippen molar-refractivity contribution in [3.8, 4) is 11.8 Å². The maximum absolute atomic E-state index is 13.2. The maximum atomic E-state index is 13.2. The van der Waals surface area contributed by atoms with Gasteiger partial charge in [0.05, 0.1) is 48.7 Å². The summed E-state index contributed by atoms with van der Waals surface area (Å²) in [5, 5.41) is 10.1. The first-order chi connectivity index (χ1) is 17.4. The quantitative estimate of drug-likeness (QED) is 0.629. The third kappa shape index (κ3) is 3.90. The number of hydrogen-bond acceptors (Lipinski definition) is 9. The Labute approximate surface area is 207 Å². The Morgan fingerprint density at radius 3 is 2.44 bits per heavy atom. The Morgan fingerprint density at radius 1 is 1.14 bits per heavy atom. The Morgan fingerprint density at radius 2 is 1.83 bits per heavy atom. The van der Waals surface area contributed by atoms with Crippen LogP contribution in [0.25, 0.3) is 0 Å². The molecular formula is C26H24N4O6. The van der Waals surface area contributed by atoms with Crippen LogP contribution in [0.1, 0.15) is 18.4 Å². The summed E-state index contributed by atoms with van der Waals surface area (Å²) in [7, 11) is 2.37. The summed E-state index contributed by atoms with van der Waals surface area (Å²) in [4.78, 5) is 41.3. The fraction of sp³-hybridized carbons (Fsp3) is 0.231. The number of nitrogens with two attached hydrogens (primary N) is 1. The summed E-state index contributed by atoms with van der Waals surface area (Å²) in [5.74, 6) is -2.48. The highest BCUT2D eigenvalue weighted by atomic mass is 16.5. The molecule has 36 heavy (non-hydrogen) atoms. The van der Waals surface area contributed by atoms with Gasteiger partial charge < -0.3 is 24.8 Å². The average Bonchev–Trinajstić information content (AvgIpc) is 2.91. The predicted molar refractivity (Wildman–Crippen MR) is 130 cm³/mol. The Hall–Kier alpha value is -4.78. The minimum atomic E-state index is -0.962. The van der Waals surface area contributed by atoms with E-state index in [1.165, 1.54) is 19.1 Å². The molecule has 10 nitrogen and oxygen atoms in total. The number of methoxy groups -OCH3 is 2. The Kier molecular flexibility index (Phi) is 6.65. The summed E-state index contributed by atoms with van der Waals surface area (Å²) in [6.07, 6.45) is 0. The molecule has 1 unspecified atom stereocenters. The van der Waals surface area contributed by atoms with Crippen LogP contribution in [-0.2, 0) is 23.9 Å². The molecule has 10 heteroatoms. The molecule has 0 aliphatic carbocycles. The highest BCUT2D eigenvalue weighted by molar-refractivity contribution is 6.06. The Balaban J connectivity index is 2.00. The molecule has 2 aromatic rings. The molecular weight excluding hydrogens is 464 g/mol. The van der Waals surface area contributed by atoms with Crippen LogP contribution in [0.15, 0.2) is 71.2 Å². The molecule has 1 amide bonds. The molecule has 2 N–H and O–H groups in total. The van der Waals surface area contributed by atoms with Crippen molar-refractivity contribution < 1.29 is 28.6 Å². The molecule has 0 aromatic heterocycles. The number of amides is 1. The normalized spacial score (nSPS) is 17.3. The minimum Gasteiger partial charge on any atom is -0.481 e. The van der Waals surface area contributed by atoms with E-state index in [1.807, 2.05) is 6.92 Å². The highest BCUT2D eigenvalue weighted by Gasteiger charge is 2.43. The lowest BCUT2D eigenvalue weighted by molar-refractivity contribution is -0.139. The van der Waals surface area contributed by atoms with Gasteiger partial charge in [0.25, 0.3) is 5.91 Å². The molecule has 2 aromatic carbocycles. The lowest BCUT2D eigenvalue weighted by Crippen LogP contribution is -2.41. The van der Waals surface area contributed by atoms with Crippen LogP contribution in [0, 0.1) is 11.3 Å². The average molecular weight is 489 g/mol. The molecule has 2 heterocycles. The second-order valence-electron chi connectivity index (χ2n) is 7.91. The van der Waals surface area contributed by atoms with Gasteiger partial charge in [-0.1, -0.05) is 30.3 Å². The zero-order chi connectivity index (χ0) is 26.0. The summed E-state index contributed by atoms with van der Waals surface area (Å²) >= 11 is 0. The molecule has 0 saturated carbocycles. The Bertz CT molecular complexity index is 1340. The lowest BCUT2D eigenvalue weighted by Gasteiger charge is -2.36. The summed E-state index contributed by atoms with van der Waals surface area (Å²) < 4.78 is 15.7. The topological polar surface area (TPSA) is 135 Å². The first-order valence-electron chi connectivity index (χ1n) is 11.1. The molecule has 0 saturated heterocycles. The zero-order valence-electron chi connectivity index (χ0n) is 20.0. The first kappa shape index (κ1) is 24.3. The van der Waals surface area contributed by atoms with Crippen LogP contribution in [0.3, 0.4) is 0 Å². The molecule has 0 radical (unpaired) electrons. The number of hydrogen-bond donors (Lipinski definition) is 1. The number of fused-ring (bicyclic) bond motifs is 1. The number of nitriles is 1. The second kappa shape index (κ2) is 9.84. The summed E-state index contributed by atoms with van der Waals surface area (Å²) in [5.41, 5.74) is 7.75. The van der Waals surface area contributed by atoms with Gasteiger partial charge in [-0.2, -0.15) is 5.26 Å². The number of carbonyl (C=O) groups excluding carboxylic acids is 3. The number of nitrogens with zero attached hydrogens (tertiary/aromatic N) is 3. The van der Waals surface area contributed by atoms with Crippen molar-refractivity contribution in [1.82, 2.24) is 0 Å². The SMILES string of the molecule is CCN1C(=O)COc2cc(N3C(N)=C(C#N)C(c4ccccc4)C(C(=O)OC)=C3C(=O)OC)ccc21. The molecule has 1 atom stereocenters. The van der Waals surface area contributed by atoms with E-state index < -0.39 is 17.9 Å². The molecule has 2 aliphatic rings. The van der Waals surface area contributed by atoms with Gasteiger partial charge in [-0.25, -0.2) is 9.59 Å². The van der Waals surface area contributed by atoms with E-state index in [0.29, 0.717) is 29.2 Å².